The summed E-state index contributed by atoms with van der Waals surface area (Å²) in [5.74, 6) is -1.41. The van der Waals surface area contributed by atoms with E-state index in [2.05, 4.69) is 15.1 Å². The standard InChI is InChI=1S/C26H21F2N7O2/c1-13-17-9-16(27)10-18(28)23(17)24-14(5-4-6-31-24)7-20-22(15-8-21(37-13)25(30)32-12-15)19(11-29)33-35(20)26(36)34(2)3/h4-6,8-10,12-13H,7H2,1-3H3,(H2,30,32)/t13-/m1/s1. The summed E-state index contributed by atoms with van der Waals surface area (Å²) in [6, 6.07) is 8.52. The first-order valence-electron chi connectivity index (χ1n) is 11.3. The van der Waals surface area contributed by atoms with Crippen LogP contribution in [0.5, 0.6) is 5.75 Å². The summed E-state index contributed by atoms with van der Waals surface area (Å²) in [7, 11) is 3.12. The number of carbonyl (C=O) groups excluding carboxylic acids is 1. The number of amides is 1. The molecule has 1 aromatic carbocycles. The average molecular weight is 501 g/mol. The van der Waals surface area contributed by atoms with Crippen molar-refractivity contribution in [1.82, 2.24) is 24.6 Å². The van der Waals surface area contributed by atoms with Gasteiger partial charge in [0.2, 0.25) is 0 Å². The number of halogens is 2. The number of hydrogen-bond donors (Lipinski definition) is 1. The SMILES string of the molecule is C[C@H]1Oc2cc(cnc2N)-c2c(C#N)nn(C(=O)N(C)C)c2Cc2cccnc2-c2c(F)cc(F)cc21. The van der Waals surface area contributed by atoms with Crippen molar-refractivity contribution >= 4 is 11.8 Å². The topological polar surface area (TPSA) is 123 Å². The summed E-state index contributed by atoms with van der Waals surface area (Å²) in [5.41, 5.74) is 8.28. The fourth-order valence-corrected chi connectivity index (χ4v) is 4.44. The second-order valence-electron chi connectivity index (χ2n) is 8.78. The number of fused-ring (bicyclic) bond motifs is 7. The third-order valence-electron chi connectivity index (χ3n) is 6.13. The Morgan fingerprint density at radius 2 is 2.03 bits per heavy atom. The molecule has 9 nitrogen and oxygen atoms in total. The largest absolute Gasteiger partial charge is 0.482 e. The van der Waals surface area contributed by atoms with Crippen LogP contribution in [0.2, 0.25) is 0 Å². The van der Waals surface area contributed by atoms with Crippen molar-refractivity contribution in [2.24, 2.45) is 0 Å². The summed E-state index contributed by atoms with van der Waals surface area (Å²) in [6.07, 6.45) is 2.17. The van der Waals surface area contributed by atoms with Crippen LogP contribution in [0.15, 0.2) is 42.7 Å². The van der Waals surface area contributed by atoms with Gasteiger partial charge in [0.05, 0.1) is 11.4 Å². The van der Waals surface area contributed by atoms with Crippen molar-refractivity contribution in [2.45, 2.75) is 19.4 Å². The van der Waals surface area contributed by atoms with Crippen LogP contribution in [0.3, 0.4) is 0 Å². The molecule has 3 aromatic heterocycles. The molecule has 1 amide bonds. The predicted molar refractivity (Wildman–Crippen MR) is 131 cm³/mol. The molecular formula is C26H21F2N7O2. The van der Waals surface area contributed by atoms with Crippen LogP contribution in [0.1, 0.15) is 35.5 Å². The first kappa shape index (κ1) is 23.9. The summed E-state index contributed by atoms with van der Waals surface area (Å²) in [6.45, 7) is 1.64. The number of ether oxygens (including phenoxy) is 1. The Bertz CT molecular complexity index is 1610. The molecule has 11 heteroatoms. The first-order chi connectivity index (χ1) is 17.7. The van der Waals surface area contributed by atoms with Gasteiger partial charge < -0.3 is 15.4 Å². The van der Waals surface area contributed by atoms with E-state index in [1.165, 1.54) is 23.4 Å². The maximum Gasteiger partial charge on any atom is 0.344 e. The maximum atomic E-state index is 15.4. The Morgan fingerprint density at radius 3 is 2.76 bits per heavy atom. The number of pyridine rings is 2. The number of nitrogen functional groups attached to an aromatic ring is 1. The van der Waals surface area contributed by atoms with Crippen molar-refractivity contribution in [3.63, 3.8) is 0 Å². The molecule has 1 aliphatic rings. The molecule has 0 radical (unpaired) electrons. The number of nitrogens with zero attached hydrogens (tertiary/aromatic N) is 6. The zero-order valence-corrected chi connectivity index (χ0v) is 20.2. The van der Waals surface area contributed by atoms with Gasteiger partial charge in [-0.25, -0.2) is 18.6 Å². The van der Waals surface area contributed by atoms with E-state index in [1.807, 2.05) is 6.07 Å². The lowest BCUT2D eigenvalue weighted by molar-refractivity contribution is 0.215. The van der Waals surface area contributed by atoms with Crippen molar-refractivity contribution < 1.29 is 18.3 Å². The van der Waals surface area contributed by atoms with Crippen LogP contribution < -0.4 is 10.5 Å². The molecule has 1 atom stereocenters. The molecule has 5 rings (SSSR count). The minimum atomic E-state index is -0.846. The van der Waals surface area contributed by atoms with Gasteiger partial charge in [0.1, 0.15) is 23.8 Å². The first-order valence-corrected chi connectivity index (χ1v) is 11.3. The average Bonchev–Trinajstić information content (AvgIpc) is 3.22. The molecule has 2 N–H and O–H groups in total. The van der Waals surface area contributed by atoms with E-state index in [-0.39, 0.29) is 40.5 Å². The van der Waals surface area contributed by atoms with Crippen LogP contribution in [-0.2, 0) is 6.42 Å². The fourth-order valence-electron chi connectivity index (χ4n) is 4.44. The third kappa shape index (κ3) is 4.02. The maximum absolute atomic E-state index is 15.4. The normalized spacial score (nSPS) is 14.1. The Hall–Kier alpha value is -4.85. The van der Waals surface area contributed by atoms with Gasteiger partial charge in [0.25, 0.3) is 0 Å². The van der Waals surface area contributed by atoms with Gasteiger partial charge in [-0.1, -0.05) is 6.07 Å². The minimum absolute atomic E-state index is 0.00748. The van der Waals surface area contributed by atoms with Gasteiger partial charge in [-0.2, -0.15) is 15.0 Å². The highest BCUT2D eigenvalue weighted by atomic mass is 19.1. The molecule has 37 heavy (non-hydrogen) atoms. The Balaban J connectivity index is 1.90. The molecule has 4 aromatic rings. The van der Waals surface area contributed by atoms with Crippen LogP contribution in [0.4, 0.5) is 19.4 Å². The molecule has 0 saturated heterocycles. The van der Waals surface area contributed by atoms with E-state index < -0.39 is 23.8 Å². The zero-order valence-electron chi connectivity index (χ0n) is 20.2. The third-order valence-corrected chi connectivity index (χ3v) is 6.13. The van der Waals surface area contributed by atoms with Crippen molar-refractivity contribution in [3.05, 3.63) is 76.9 Å². The quantitative estimate of drug-likeness (QED) is 0.381. The van der Waals surface area contributed by atoms with Gasteiger partial charge in [0, 0.05) is 61.2 Å². The monoisotopic (exact) mass is 501 g/mol. The number of rotatable bonds is 0. The summed E-state index contributed by atoms with van der Waals surface area (Å²) in [5, 5.41) is 14.2. The number of anilines is 1. The number of hydrogen-bond acceptors (Lipinski definition) is 7. The number of benzene rings is 1. The van der Waals surface area contributed by atoms with Gasteiger partial charge in [-0.05, 0) is 30.7 Å². The van der Waals surface area contributed by atoms with E-state index in [4.69, 9.17) is 10.5 Å². The second kappa shape index (κ2) is 8.98. The molecule has 0 aliphatic carbocycles. The Labute approximate surface area is 210 Å². The van der Waals surface area contributed by atoms with Crippen molar-refractivity contribution in [3.8, 4) is 34.2 Å². The number of carbonyl (C=O) groups is 1. The van der Waals surface area contributed by atoms with E-state index in [9.17, 15) is 14.4 Å². The highest BCUT2D eigenvalue weighted by Gasteiger charge is 2.29. The number of nitrogens with two attached hydrogens (primary N) is 1. The van der Waals surface area contributed by atoms with Gasteiger partial charge >= 0.3 is 6.03 Å². The van der Waals surface area contributed by atoms with E-state index >= 15 is 4.39 Å². The minimum Gasteiger partial charge on any atom is -0.482 e. The molecule has 1 aliphatic heterocycles. The lowest BCUT2D eigenvalue weighted by Crippen LogP contribution is -2.29. The van der Waals surface area contributed by atoms with Gasteiger partial charge in [-0.15, -0.1) is 0 Å². The second-order valence-corrected chi connectivity index (χ2v) is 8.78. The highest BCUT2D eigenvalue weighted by Crippen LogP contribution is 2.40. The molecular weight excluding hydrogens is 480 g/mol. The van der Waals surface area contributed by atoms with E-state index in [0.29, 0.717) is 22.4 Å². The number of aromatic nitrogens is 4. The summed E-state index contributed by atoms with van der Waals surface area (Å²) >= 11 is 0. The van der Waals surface area contributed by atoms with Gasteiger partial charge in [0.15, 0.2) is 17.3 Å². The van der Waals surface area contributed by atoms with E-state index in [0.717, 1.165) is 10.7 Å². The molecule has 4 heterocycles. The smallest absolute Gasteiger partial charge is 0.344 e. The molecule has 0 spiro atoms. The van der Waals surface area contributed by atoms with Crippen molar-refractivity contribution in [2.75, 3.05) is 19.8 Å². The fraction of sp³-hybridized carbons (Fsp3) is 0.192. The Kier molecular flexibility index (Phi) is 5.79. The Morgan fingerprint density at radius 1 is 1.24 bits per heavy atom. The lowest BCUT2D eigenvalue weighted by atomic mass is 9.92. The molecule has 186 valence electrons. The predicted octanol–water partition coefficient (Wildman–Crippen LogP) is 4.31. The summed E-state index contributed by atoms with van der Waals surface area (Å²) < 4.78 is 37.0. The van der Waals surface area contributed by atoms with E-state index in [1.54, 1.807) is 39.2 Å². The van der Waals surface area contributed by atoms with Crippen LogP contribution in [0.25, 0.3) is 22.4 Å². The highest BCUT2D eigenvalue weighted by molar-refractivity contribution is 5.83. The molecule has 0 saturated carbocycles. The van der Waals surface area contributed by atoms with Crippen LogP contribution >= 0.6 is 0 Å². The van der Waals surface area contributed by atoms with Crippen LogP contribution in [0, 0.1) is 23.0 Å². The lowest BCUT2D eigenvalue weighted by Gasteiger charge is -2.22. The zero-order chi connectivity index (χ0) is 26.4. The molecule has 0 fully saturated rings. The molecule has 0 unspecified atom stereocenters. The van der Waals surface area contributed by atoms with Crippen molar-refractivity contribution in [1.29, 1.82) is 5.26 Å². The van der Waals surface area contributed by atoms with Crippen LogP contribution in [-0.4, -0.2) is 44.8 Å². The molecule has 2 bridgehead atoms. The van der Waals surface area contributed by atoms with Gasteiger partial charge in [-0.3, -0.25) is 4.98 Å². The summed E-state index contributed by atoms with van der Waals surface area (Å²) in [4.78, 5) is 23.0. The number of nitriles is 1.